The second-order valence-electron chi connectivity index (χ2n) is 5.07. The van der Waals surface area contributed by atoms with Gasteiger partial charge in [-0.3, -0.25) is 4.68 Å². The van der Waals surface area contributed by atoms with Gasteiger partial charge in [-0.25, -0.2) is 0 Å². The van der Waals surface area contributed by atoms with Crippen LogP contribution in [-0.2, 0) is 0 Å². The monoisotopic (exact) mass is 221 g/mol. The van der Waals surface area contributed by atoms with Crippen LogP contribution in [0.5, 0.6) is 0 Å². The van der Waals surface area contributed by atoms with Gasteiger partial charge in [0.1, 0.15) is 0 Å². The molecular weight excluding hydrogens is 198 g/mol. The van der Waals surface area contributed by atoms with Crippen molar-refractivity contribution in [3.05, 3.63) is 18.5 Å². The standard InChI is InChI=1S/C13H23N3/c1-11(12(2)16-9-5-8-15-16)14-10-13-6-3-4-7-13/h5,8-9,11-14H,3-4,6-7,10H2,1-2H3/t11-,12-/m1/s1. The molecule has 3 heteroatoms. The predicted molar refractivity (Wildman–Crippen MR) is 66.4 cm³/mol. The van der Waals surface area contributed by atoms with Gasteiger partial charge in [0.2, 0.25) is 0 Å². The molecule has 1 heterocycles. The molecular formula is C13H23N3. The Labute approximate surface area is 98.2 Å². The molecule has 0 amide bonds. The maximum Gasteiger partial charge on any atom is 0.0641 e. The Balaban J connectivity index is 1.76. The molecule has 0 bridgehead atoms. The average molecular weight is 221 g/mol. The Kier molecular flexibility index (Phi) is 3.99. The largest absolute Gasteiger partial charge is 0.312 e. The molecule has 0 spiro atoms. The molecule has 1 fully saturated rings. The van der Waals surface area contributed by atoms with Crippen molar-refractivity contribution in [2.75, 3.05) is 6.54 Å². The zero-order valence-electron chi connectivity index (χ0n) is 10.4. The molecule has 0 radical (unpaired) electrons. The highest BCUT2D eigenvalue weighted by Gasteiger charge is 2.18. The Morgan fingerprint density at radius 2 is 2.12 bits per heavy atom. The fraction of sp³-hybridized carbons (Fsp3) is 0.769. The Hall–Kier alpha value is -0.830. The minimum atomic E-state index is 0.427. The minimum Gasteiger partial charge on any atom is -0.312 e. The first-order valence-electron chi connectivity index (χ1n) is 6.50. The lowest BCUT2D eigenvalue weighted by molar-refractivity contribution is 0.343. The predicted octanol–water partition coefficient (Wildman–Crippen LogP) is 2.61. The molecule has 0 unspecified atom stereocenters. The molecule has 1 aliphatic carbocycles. The molecule has 0 aromatic carbocycles. The first kappa shape index (κ1) is 11.6. The van der Waals surface area contributed by atoms with Crippen LogP contribution in [0.15, 0.2) is 18.5 Å². The summed E-state index contributed by atoms with van der Waals surface area (Å²) in [5, 5.41) is 7.95. The van der Waals surface area contributed by atoms with Gasteiger partial charge in [0.15, 0.2) is 0 Å². The van der Waals surface area contributed by atoms with Crippen molar-refractivity contribution >= 4 is 0 Å². The molecule has 2 rings (SSSR count). The molecule has 3 nitrogen and oxygen atoms in total. The summed E-state index contributed by atoms with van der Waals surface area (Å²) in [6, 6.07) is 2.90. The third-order valence-electron chi connectivity index (χ3n) is 3.87. The number of hydrogen-bond acceptors (Lipinski definition) is 2. The van der Waals surface area contributed by atoms with E-state index in [9.17, 15) is 0 Å². The summed E-state index contributed by atoms with van der Waals surface area (Å²) >= 11 is 0. The number of nitrogens with zero attached hydrogens (tertiary/aromatic N) is 2. The van der Waals surface area contributed by atoms with Gasteiger partial charge in [0.25, 0.3) is 0 Å². The molecule has 0 saturated heterocycles. The zero-order chi connectivity index (χ0) is 11.4. The van der Waals surface area contributed by atoms with Crippen molar-refractivity contribution in [3.63, 3.8) is 0 Å². The third-order valence-corrected chi connectivity index (χ3v) is 3.87. The molecule has 1 aliphatic rings. The van der Waals surface area contributed by atoms with Crippen LogP contribution in [0.2, 0.25) is 0 Å². The van der Waals surface area contributed by atoms with E-state index in [0.29, 0.717) is 12.1 Å². The van der Waals surface area contributed by atoms with Crippen LogP contribution in [-0.4, -0.2) is 22.4 Å². The van der Waals surface area contributed by atoms with Crippen LogP contribution < -0.4 is 5.32 Å². The summed E-state index contributed by atoms with van der Waals surface area (Å²) in [5.41, 5.74) is 0. The van der Waals surface area contributed by atoms with Crippen molar-refractivity contribution in [2.45, 2.75) is 51.6 Å². The second kappa shape index (κ2) is 5.48. The zero-order valence-corrected chi connectivity index (χ0v) is 10.4. The lowest BCUT2D eigenvalue weighted by Crippen LogP contribution is -2.36. The lowest BCUT2D eigenvalue weighted by Gasteiger charge is -2.23. The number of nitrogens with one attached hydrogen (secondary N) is 1. The highest BCUT2D eigenvalue weighted by molar-refractivity contribution is 4.84. The summed E-state index contributed by atoms with van der Waals surface area (Å²) in [6.07, 6.45) is 9.56. The fourth-order valence-corrected chi connectivity index (χ4v) is 2.49. The molecule has 2 atom stereocenters. The number of aromatic nitrogens is 2. The molecule has 90 valence electrons. The van der Waals surface area contributed by atoms with Gasteiger partial charge in [0.05, 0.1) is 6.04 Å². The topological polar surface area (TPSA) is 29.9 Å². The van der Waals surface area contributed by atoms with Crippen molar-refractivity contribution in [1.29, 1.82) is 0 Å². The van der Waals surface area contributed by atoms with Crippen LogP contribution in [0.4, 0.5) is 0 Å². The summed E-state index contributed by atoms with van der Waals surface area (Å²) in [5.74, 6) is 0.910. The van der Waals surface area contributed by atoms with Gasteiger partial charge >= 0.3 is 0 Å². The van der Waals surface area contributed by atoms with E-state index in [1.54, 1.807) is 0 Å². The highest BCUT2D eigenvalue weighted by atomic mass is 15.3. The van der Waals surface area contributed by atoms with Crippen LogP contribution in [0.1, 0.15) is 45.6 Å². The first-order valence-corrected chi connectivity index (χ1v) is 6.50. The average Bonchev–Trinajstić information content (AvgIpc) is 2.96. The van der Waals surface area contributed by atoms with Gasteiger partial charge in [-0.2, -0.15) is 5.10 Å². The quantitative estimate of drug-likeness (QED) is 0.828. The maximum atomic E-state index is 4.29. The van der Waals surface area contributed by atoms with Crippen LogP contribution in [0.25, 0.3) is 0 Å². The van der Waals surface area contributed by atoms with E-state index in [-0.39, 0.29) is 0 Å². The van der Waals surface area contributed by atoms with E-state index in [2.05, 4.69) is 24.3 Å². The van der Waals surface area contributed by atoms with Gasteiger partial charge in [0, 0.05) is 18.4 Å². The smallest absolute Gasteiger partial charge is 0.0641 e. The second-order valence-corrected chi connectivity index (χ2v) is 5.07. The molecule has 16 heavy (non-hydrogen) atoms. The van der Waals surface area contributed by atoms with E-state index in [1.807, 2.05) is 23.1 Å². The highest BCUT2D eigenvalue weighted by Crippen LogP contribution is 2.24. The van der Waals surface area contributed by atoms with E-state index < -0.39 is 0 Å². The molecule has 1 aromatic heterocycles. The van der Waals surface area contributed by atoms with E-state index in [1.165, 1.54) is 32.2 Å². The van der Waals surface area contributed by atoms with Crippen LogP contribution >= 0.6 is 0 Å². The van der Waals surface area contributed by atoms with Crippen LogP contribution in [0, 0.1) is 5.92 Å². The van der Waals surface area contributed by atoms with Crippen molar-refractivity contribution in [2.24, 2.45) is 5.92 Å². The molecule has 1 aromatic rings. The van der Waals surface area contributed by atoms with E-state index >= 15 is 0 Å². The van der Waals surface area contributed by atoms with Crippen molar-refractivity contribution in [1.82, 2.24) is 15.1 Å². The SMILES string of the molecule is C[C@H]([C@@H](C)NCC1CCCC1)n1cccn1. The fourth-order valence-electron chi connectivity index (χ4n) is 2.49. The Morgan fingerprint density at radius 3 is 2.75 bits per heavy atom. The molecule has 1 saturated carbocycles. The first-order chi connectivity index (χ1) is 7.77. The van der Waals surface area contributed by atoms with E-state index in [4.69, 9.17) is 0 Å². The molecule has 1 N–H and O–H groups in total. The maximum absolute atomic E-state index is 4.29. The van der Waals surface area contributed by atoms with Gasteiger partial charge in [-0.05, 0) is 45.2 Å². The summed E-state index contributed by atoms with van der Waals surface area (Å²) in [4.78, 5) is 0. The lowest BCUT2D eigenvalue weighted by atomic mass is 10.1. The van der Waals surface area contributed by atoms with Gasteiger partial charge in [-0.1, -0.05) is 12.8 Å². The number of rotatable bonds is 5. The normalized spacial score (nSPS) is 21.1. The van der Waals surface area contributed by atoms with E-state index in [0.717, 1.165) is 5.92 Å². The summed E-state index contributed by atoms with van der Waals surface area (Å²) in [7, 11) is 0. The summed E-state index contributed by atoms with van der Waals surface area (Å²) in [6.45, 7) is 5.65. The van der Waals surface area contributed by atoms with Gasteiger partial charge in [-0.15, -0.1) is 0 Å². The van der Waals surface area contributed by atoms with Crippen molar-refractivity contribution < 1.29 is 0 Å². The van der Waals surface area contributed by atoms with Crippen molar-refractivity contribution in [3.8, 4) is 0 Å². The Morgan fingerprint density at radius 1 is 1.38 bits per heavy atom. The Bertz CT molecular complexity index is 288. The summed E-state index contributed by atoms with van der Waals surface area (Å²) < 4.78 is 2.03. The van der Waals surface area contributed by atoms with Gasteiger partial charge < -0.3 is 5.32 Å². The minimum absolute atomic E-state index is 0.427. The third kappa shape index (κ3) is 2.85. The van der Waals surface area contributed by atoms with Crippen LogP contribution in [0.3, 0.4) is 0 Å². The number of hydrogen-bond donors (Lipinski definition) is 1. The molecule has 0 aliphatic heterocycles.